The minimum Gasteiger partial charge on any atom is -0.495 e. The van der Waals surface area contributed by atoms with Crippen LogP contribution in [0, 0.1) is 0 Å². The van der Waals surface area contributed by atoms with Gasteiger partial charge in [-0.2, -0.15) is 0 Å². The van der Waals surface area contributed by atoms with Crippen molar-refractivity contribution in [1.82, 2.24) is 14.7 Å². The normalized spacial score (nSPS) is 15.3. The number of carbonyl (C=O) groups excluding carboxylic acids is 2. The van der Waals surface area contributed by atoms with Crippen molar-refractivity contribution < 1.29 is 14.3 Å². The molecular weight excluding hydrogens is 344 g/mol. The Morgan fingerprint density at radius 2 is 1.92 bits per heavy atom. The summed E-state index contributed by atoms with van der Waals surface area (Å²) in [6.45, 7) is 3.54. The minimum absolute atomic E-state index is 0.0451. The third kappa shape index (κ3) is 5.88. The zero-order chi connectivity index (χ0) is 18.4. The summed E-state index contributed by atoms with van der Waals surface area (Å²) < 4.78 is 5.21. The molecule has 0 aromatic heterocycles. The van der Waals surface area contributed by atoms with E-state index in [0.29, 0.717) is 16.5 Å². The first-order valence-electron chi connectivity index (χ1n) is 8.17. The van der Waals surface area contributed by atoms with Gasteiger partial charge in [-0.1, -0.05) is 11.6 Å². The van der Waals surface area contributed by atoms with E-state index in [1.807, 2.05) is 11.9 Å². The van der Waals surface area contributed by atoms with Gasteiger partial charge < -0.3 is 19.9 Å². The first kappa shape index (κ1) is 19.5. The first-order chi connectivity index (χ1) is 11.9. The van der Waals surface area contributed by atoms with Gasteiger partial charge in [-0.25, -0.2) is 0 Å². The number of piperazine rings is 1. The molecule has 0 bridgehead atoms. The molecule has 1 fully saturated rings. The molecule has 0 radical (unpaired) electrons. The van der Waals surface area contributed by atoms with E-state index in [1.165, 1.54) is 7.11 Å². The number of hydrogen-bond acceptors (Lipinski definition) is 5. The lowest BCUT2D eigenvalue weighted by molar-refractivity contribution is -0.133. The number of methoxy groups -OCH3 is 1. The van der Waals surface area contributed by atoms with Crippen molar-refractivity contribution in [1.29, 1.82) is 0 Å². The molecule has 0 saturated carbocycles. The fourth-order valence-electron chi connectivity index (χ4n) is 2.66. The summed E-state index contributed by atoms with van der Waals surface area (Å²) in [6.07, 6.45) is 0. The Morgan fingerprint density at radius 3 is 2.56 bits per heavy atom. The summed E-state index contributed by atoms with van der Waals surface area (Å²) in [6, 6.07) is 5.02. The van der Waals surface area contributed by atoms with Gasteiger partial charge in [0.2, 0.25) is 11.8 Å². The molecule has 1 N–H and O–H groups in total. The van der Waals surface area contributed by atoms with Gasteiger partial charge in [0, 0.05) is 31.2 Å². The lowest BCUT2D eigenvalue weighted by Crippen LogP contribution is -2.50. The summed E-state index contributed by atoms with van der Waals surface area (Å²) >= 11 is 5.96. The summed E-state index contributed by atoms with van der Waals surface area (Å²) in [5.74, 6) is 0.354. The molecule has 0 aliphatic carbocycles. The second kappa shape index (κ2) is 9.03. The summed E-state index contributed by atoms with van der Waals surface area (Å²) in [5.41, 5.74) is 0.513. The van der Waals surface area contributed by atoms with Crippen LogP contribution >= 0.6 is 11.6 Å². The minimum atomic E-state index is -0.228. The highest BCUT2D eigenvalue weighted by molar-refractivity contribution is 6.31. The van der Waals surface area contributed by atoms with Crippen LogP contribution in [0.5, 0.6) is 5.75 Å². The maximum absolute atomic E-state index is 12.3. The average Bonchev–Trinajstić information content (AvgIpc) is 2.55. The molecule has 0 spiro atoms. The van der Waals surface area contributed by atoms with E-state index in [4.69, 9.17) is 16.3 Å². The van der Waals surface area contributed by atoms with Crippen molar-refractivity contribution in [3.8, 4) is 5.75 Å². The number of carbonyl (C=O) groups is 2. The second-order valence-electron chi connectivity index (χ2n) is 6.25. The lowest BCUT2D eigenvalue weighted by atomic mass is 10.3. The van der Waals surface area contributed by atoms with Crippen LogP contribution in [0.25, 0.3) is 0 Å². The number of anilines is 1. The number of likely N-dealkylation sites (N-methyl/N-ethyl adjacent to an activating group) is 2. The zero-order valence-corrected chi connectivity index (χ0v) is 15.7. The molecule has 1 aromatic carbocycles. The van der Waals surface area contributed by atoms with E-state index in [1.54, 1.807) is 30.1 Å². The Hall–Kier alpha value is -1.83. The van der Waals surface area contributed by atoms with Crippen LogP contribution in [0.1, 0.15) is 0 Å². The Balaban J connectivity index is 1.84. The van der Waals surface area contributed by atoms with E-state index in [9.17, 15) is 9.59 Å². The first-order valence-corrected chi connectivity index (χ1v) is 8.55. The van der Waals surface area contributed by atoms with Crippen LogP contribution in [0.15, 0.2) is 18.2 Å². The Kier molecular flexibility index (Phi) is 7.04. The molecule has 1 saturated heterocycles. The maximum Gasteiger partial charge on any atom is 0.238 e. The molecule has 2 amide bonds. The standard InChI is InChI=1S/C17H25ClN4O3/c1-20-6-8-22(9-7-20)17(24)12-21(2)11-16(23)19-14-10-13(18)4-5-15(14)25-3/h4-5,10H,6-9,11-12H2,1-3H3,(H,19,23). The molecule has 1 heterocycles. The molecule has 2 rings (SSSR count). The Morgan fingerprint density at radius 1 is 1.24 bits per heavy atom. The van der Waals surface area contributed by atoms with Gasteiger partial charge in [-0.3, -0.25) is 14.5 Å². The van der Waals surface area contributed by atoms with E-state index in [0.717, 1.165) is 26.2 Å². The second-order valence-corrected chi connectivity index (χ2v) is 6.69. The smallest absolute Gasteiger partial charge is 0.238 e. The van der Waals surface area contributed by atoms with Gasteiger partial charge in [0.1, 0.15) is 5.75 Å². The fourth-order valence-corrected chi connectivity index (χ4v) is 2.83. The quantitative estimate of drug-likeness (QED) is 0.811. The molecule has 138 valence electrons. The van der Waals surface area contributed by atoms with E-state index < -0.39 is 0 Å². The molecule has 1 aromatic rings. The fraction of sp³-hybridized carbons (Fsp3) is 0.529. The van der Waals surface area contributed by atoms with E-state index >= 15 is 0 Å². The number of nitrogens with one attached hydrogen (secondary N) is 1. The summed E-state index contributed by atoms with van der Waals surface area (Å²) in [4.78, 5) is 30.3. The Bertz CT molecular complexity index is 618. The summed E-state index contributed by atoms with van der Waals surface area (Å²) in [5, 5.41) is 3.28. The topological polar surface area (TPSA) is 65.1 Å². The molecule has 8 heteroatoms. The molecular formula is C17H25ClN4O3. The van der Waals surface area contributed by atoms with E-state index in [2.05, 4.69) is 10.2 Å². The van der Waals surface area contributed by atoms with Crippen molar-refractivity contribution in [2.45, 2.75) is 0 Å². The van der Waals surface area contributed by atoms with Crippen LogP contribution in [0.3, 0.4) is 0 Å². The van der Waals surface area contributed by atoms with Gasteiger partial charge in [0.15, 0.2) is 0 Å². The molecule has 0 unspecified atom stereocenters. The zero-order valence-electron chi connectivity index (χ0n) is 14.9. The monoisotopic (exact) mass is 368 g/mol. The molecule has 0 atom stereocenters. The summed E-state index contributed by atoms with van der Waals surface area (Å²) in [7, 11) is 5.32. The number of nitrogens with zero attached hydrogens (tertiary/aromatic N) is 3. The predicted octanol–water partition coefficient (Wildman–Crippen LogP) is 0.993. The highest BCUT2D eigenvalue weighted by Crippen LogP contribution is 2.27. The maximum atomic E-state index is 12.3. The van der Waals surface area contributed by atoms with Crippen LogP contribution in [-0.2, 0) is 9.59 Å². The van der Waals surface area contributed by atoms with Gasteiger partial charge in [0.05, 0.1) is 25.9 Å². The average molecular weight is 369 g/mol. The third-order valence-corrected chi connectivity index (χ3v) is 4.35. The number of ether oxygens (including phenoxy) is 1. The lowest BCUT2D eigenvalue weighted by Gasteiger charge is -2.33. The molecule has 1 aliphatic rings. The number of halogens is 1. The number of rotatable bonds is 6. The van der Waals surface area contributed by atoms with Crippen molar-refractivity contribution in [2.24, 2.45) is 0 Å². The van der Waals surface area contributed by atoms with Crippen LogP contribution in [-0.4, -0.2) is 87.0 Å². The van der Waals surface area contributed by atoms with Crippen LogP contribution < -0.4 is 10.1 Å². The van der Waals surface area contributed by atoms with Crippen molar-refractivity contribution in [3.63, 3.8) is 0 Å². The highest BCUT2D eigenvalue weighted by atomic mass is 35.5. The van der Waals surface area contributed by atoms with Crippen LogP contribution in [0.4, 0.5) is 5.69 Å². The molecule has 7 nitrogen and oxygen atoms in total. The van der Waals surface area contributed by atoms with E-state index in [-0.39, 0.29) is 24.9 Å². The third-order valence-electron chi connectivity index (χ3n) is 4.11. The van der Waals surface area contributed by atoms with Crippen molar-refractivity contribution in [2.75, 3.05) is 65.8 Å². The van der Waals surface area contributed by atoms with Gasteiger partial charge in [-0.05, 0) is 32.3 Å². The number of benzene rings is 1. The molecule has 25 heavy (non-hydrogen) atoms. The highest BCUT2D eigenvalue weighted by Gasteiger charge is 2.21. The van der Waals surface area contributed by atoms with Crippen molar-refractivity contribution >= 4 is 29.1 Å². The van der Waals surface area contributed by atoms with Gasteiger partial charge in [0.25, 0.3) is 0 Å². The van der Waals surface area contributed by atoms with Crippen molar-refractivity contribution in [3.05, 3.63) is 23.2 Å². The predicted molar refractivity (Wildman–Crippen MR) is 98.2 cm³/mol. The number of amides is 2. The van der Waals surface area contributed by atoms with Gasteiger partial charge in [-0.15, -0.1) is 0 Å². The number of hydrogen-bond donors (Lipinski definition) is 1. The largest absolute Gasteiger partial charge is 0.495 e. The van der Waals surface area contributed by atoms with Gasteiger partial charge >= 0.3 is 0 Å². The Labute approximate surface area is 153 Å². The van der Waals surface area contributed by atoms with Crippen LogP contribution in [0.2, 0.25) is 5.02 Å². The SMILES string of the molecule is COc1ccc(Cl)cc1NC(=O)CN(C)CC(=O)N1CCN(C)CC1. The molecule has 1 aliphatic heterocycles.